The van der Waals surface area contributed by atoms with Gasteiger partial charge in [0.25, 0.3) is 0 Å². The molecule has 0 amide bonds. The molecule has 98 valence electrons. The first-order valence-electron chi connectivity index (χ1n) is 5.82. The van der Waals surface area contributed by atoms with E-state index in [0.29, 0.717) is 0 Å². The normalized spacial score (nSPS) is 17.4. The molecule has 0 aliphatic carbocycles. The van der Waals surface area contributed by atoms with Crippen LogP contribution in [-0.2, 0) is 16.1 Å². The minimum absolute atomic E-state index is 0.774. The summed E-state index contributed by atoms with van der Waals surface area (Å²) in [6.07, 6.45) is 2.76. The number of aromatic nitrogens is 1. The van der Waals surface area contributed by atoms with Crippen molar-refractivity contribution in [3.8, 4) is 0 Å². The highest BCUT2D eigenvalue weighted by molar-refractivity contribution is 7.12. The number of aliphatic carboxylic acids is 1. The molecule has 0 aromatic carbocycles. The summed E-state index contributed by atoms with van der Waals surface area (Å²) in [6.45, 7) is 6.13. The van der Waals surface area contributed by atoms with Crippen molar-refractivity contribution in [1.29, 1.82) is 0 Å². The number of hydrogen-bond acceptors (Lipinski definition) is 5. The van der Waals surface area contributed by atoms with Gasteiger partial charge in [-0.05, 0) is 13.0 Å². The van der Waals surface area contributed by atoms with Gasteiger partial charge in [0.05, 0.1) is 30.3 Å². The van der Waals surface area contributed by atoms with E-state index in [0.717, 1.165) is 54.5 Å². The molecule has 1 saturated heterocycles. The van der Waals surface area contributed by atoms with Crippen molar-refractivity contribution < 1.29 is 14.6 Å². The maximum atomic E-state index is 10.5. The lowest BCUT2D eigenvalue weighted by molar-refractivity contribution is -0.131. The van der Waals surface area contributed by atoms with E-state index in [4.69, 9.17) is 9.84 Å². The van der Waals surface area contributed by atoms with Gasteiger partial charge >= 0.3 is 5.97 Å². The van der Waals surface area contributed by atoms with Crippen LogP contribution in [0.1, 0.15) is 15.6 Å². The molecule has 1 fully saturated rings. The number of nitrogens with zero attached hydrogens (tertiary/aromatic N) is 2. The van der Waals surface area contributed by atoms with Crippen LogP contribution in [-0.4, -0.2) is 47.3 Å². The lowest BCUT2D eigenvalue weighted by Gasteiger charge is -2.25. The molecule has 0 atom stereocenters. The Morgan fingerprint density at radius 3 is 2.94 bits per heavy atom. The zero-order chi connectivity index (χ0) is 13.0. The molecule has 5 nitrogen and oxygen atoms in total. The molecule has 0 radical (unpaired) electrons. The highest BCUT2D eigenvalue weighted by atomic mass is 32.1. The van der Waals surface area contributed by atoms with Crippen molar-refractivity contribution in [1.82, 2.24) is 9.88 Å². The Bertz CT molecular complexity index is 450. The predicted octanol–water partition coefficient (Wildman–Crippen LogP) is 1.38. The van der Waals surface area contributed by atoms with Crippen LogP contribution in [0.2, 0.25) is 0 Å². The number of aryl methyl sites for hydroxylation is 1. The second-order valence-corrected chi connectivity index (χ2v) is 5.23. The minimum atomic E-state index is -0.933. The Hall–Kier alpha value is -1.24. The SMILES string of the molecule is Cc1nc(CN2CCOCC2)sc1/C=C/C(=O)O. The Morgan fingerprint density at radius 1 is 1.56 bits per heavy atom. The number of hydrogen-bond donors (Lipinski definition) is 1. The Balaban J connectivity index is 2.01. The third-order valence-electron chi connectivity index (χ3n) is 2.72. The smallest absolute Gasteiger partial charge is 0.328 e. The second kappa shape index (κ2) is 6.08. The van der Waals surface area contributed by atoms with E-state index in [1.54, 1.807) is 17.4 Å². The maximum absolute atomic E-state index is 10.5. The van der Waals surface area contributed by atoms with Gasteiger partial charge < -0.3 is 9.84 Å². The fourth-order valence-electron chi connectivity index (χ4n) is 1.79. The molecule has 1 N–H and O–H groups in total. The molecule has 2 rings (SSSR count). The summed E-state index contributed by atoms with van der Waals surface area (Å²) in [7, 11) is 0. The van der Waals surface area contributed by atoms with Crippen molar-refractivity contribution in [2.45, 2.75) is 13.5 Å². The molecule has 0 unspecified atom stereocenters. The quantitative estimate of drug-likeness (QED) is 0.836. The summed E-state index contributed by atoms with van der Waals surface area (Å²) in [5.74, 6) is -0.933. The summed E-state index contributed by atoms with van der Waals surface area (Å²) in [6, 6.07) is 0. The van der Waals surface area contributed by atoms with Crippen molar-refractivity contribution >= 4 is 23.4 Å². The molecular formula is C12H16N2O3S. The number of carboxylic acids is 1. The molecule has 1 aliphatic rings. The molecule has 0 bridgehead atoms. The number of morpholine rings is 1. The van der Waals surface area contributed by atoms with E-state index in [1.807, 2.05) is 6.92 Å². The molecule has 18 heavy (non-hydrogen) atoms. The van der Waals surface area contributed by atoms with Gasteiger partial charge in [-0.1, -0.05) is 0 Å². The van der Waals surface area contributed by atoms with Gasteiger partial charge in [0.15, 0.2) is 0 Å². The van der Waals surface area contributed by atoms with Crippen molar-refractivity contribution in [2.75, 3.05) is 26.3 Å². The summed E-state index contributed by atoms with van der Waals surface area (Å²) in [5.41, 5.74) is 0.890. The van der Waals surface area contributed by atoms with Crippen LogP contribution in [0.15, 0.2) is 6.08 Å². The Morgan fingerprint density at radius 2 is 2.28 bits per heavy atom. The average molecular weight is 268 g/mol. The monoisotopic (exact) mass is 268 g/mol. The van der Waals surface area contributed by atoms with Crippen LogP contribution in [0.5, 0.6) is 0 Å². The summed E-state index contributed by atoms with van der Waals surface area (Å²) in [4.78, 5) is 18.2. The number of carbonyl (C=O) groups is 1. The lowest BCUT2D eigenvalue weighted by Crippen LogP contribution is -2.35. The largest absolute Gasteiger partial charge is 0.478 e. The fourth-order valence-corrected chi connectivity index (χ4v) is 2.80. The van der Waals surface area contributed by atoms with Gasteiger partial charge in [0.1, 0.15) is 5.01 Å². The topological polar surface area (TPSA) is 62.7 Å². The molecule has 6 heteroatoms. The van der Waals surface area contributed by atoms with Gasteiger partial charge in [-0.3, -0.25) is 4.90 Å². The first kappa shape index (κ1) is 13.2. The van der Waals surface area contributed by atoms with E-state index >= 15 is 0 Å². The zero-order valence-corrected chi connectivity index (χ0v) is 11.1. The summed E-state index contributed by atoms with van der Waals surface area (Å²) in [5, 5.41) is 9.64. The third-order valence-corrected chi connectivity index (χ3v) is 3.82. The minimum Gasteiger partial charge on any atom is -0.478 e. The van der Waals surface area contributed by atoms with E-state index in [-0.39, 0.29) is 0 Å². The van der Waals surface area contributed by atoms with Crippen LogP contribution < -0.4 is 0 Å². The van der Waals surface area contributed by atoms with E-state index in [2.05, 4.69) is 9.88 Å². The van der Waals surface area contributed by atoms with Gasteiger partial charge in [-0.25, -0.2) is 9.78 Å². The van der Waals surface area contributed by atoms with Crippen LogP contribution in [0, 0.1) is 6.92 Å². The number of ether oxygens (including phenoxy) is 1. The molecule has 1 aromatic rings. The first-order valence-corrected chi connectivity index (χ1v) is 6.64. The van der Waals surface area contributed by atoms with E-state index in [9.17, 15) is 4.79 Å². The highest BCUT2D eigenvalue weighted by Gasteiger charge is 2.13. The van der Waals surface area contributed by atoms with Gasteiger partial charge in [0.2, 0.25) is 0 Å². The van der Waals surface area contributed by atoms with E-state index in [1.165, 1.54) is 0 Å². The van der Waals surface area contributed by atoms with Crippen LogP contribution in [0.4, 0.5) is 0 Å². The molecule has 1 aliphatic heterocycles. The molecule has 0 spiro atoms. The molecular weight excluding hydrogens is 252 g/mol. The van der Waals surface area contributed by atoms with Gasteiger partial charge in [-0.15, -0.1) is 11.3 Å². The van der Waals surface area contributed by atoms with E-state index < -0.39 is 5.97 Å². The Kier molecular flexibility index (Phi) is 4.46. The van der Waals surface area contributed by atoms with Gasteiger partial charge in [-0.2, -0.15) is 0 Å². The zero-order valence-electron chi connectivity index (χ0n) is 10.3. The summed E-state index contributed by atoms with van der Waals surface area (Å²) < 4.78 is 5.30. The molecule has 1 aromatic heterocycles. The number of rotatable bonds is 4. The standard InChI is InChI=1S/C12H16N2O3S/c1-9-10(2-3-12(15)16)18-11(13-9)8-14-4-6-17-7-5-14/h2-3H,4-8H2,1H3,(H,15,16)/b3-2+. The average Bonchev–Trinajstić information content (AvgIpc) is 2.68. The maximum Gasteiger partial charge on any atom is 0.328 e. The first-order chi connectivity index (χ1) is 8.65. The highest BCUT2D eigenvalue weighted by Crippen LogP contribution is 2.21. The predicted molar refractivity (Wildman–Crippen MR) is 69.6 cm³/mol. The fraction of sp³-hybridized carbons (Fsp3) is 0.500. The van der Waals surface area contributed by atoms with Crippen molar-refractivity contribution in [2.24, 2.45) is 0 Å². The van der Waals surface area contributed by atoms with Gasteiger partial charge in [0, 0.05) is 19.2 Å². The van der Waals surface area contributed by atoms with Crippen LogP contribution >= 0.6 is 11.3 Å². The number of carboxylic acid groups (broad SMARTS) is 1. The Labute approximate surface area is 110 Å². The molecule has 0 saturated carbocycles. The van der Waals surface area contributed by atoms with Crippen LogP contribution in [0.25, 0.3) is 6.08 Å². The third kappa shape index (κ3) is 3.63. The summed E-state index contributed by atoms with van der Waals surface area (Å²) >= 11 is 1.55. The van der Waals surface area contributed by atoms with Crippen LogP contribution in [0.3, 0.4) is 0 Å². The lowest BCUT2D eigenvalue weighted by atomic mass is 10.3. The number of thiazole rings is 1. The molecule has 2 heterocycles. The van der Waals surface area contributed by atoms with Crippen molar-refractivity contribution in [3.05, 3.63) is 21.7 Å². The van der Waals surface area contributed by atoms with Crippen molar-refractivity contribution in [3.63, 3.8) is 0 Å². The second-order valence-electron chi connectivity index (χ2n) is 4.12.